The molecular weight excluding hydrogens is 416 g/mol. The van der Waals surface area contributed by atoms with Crippen LogP contribution in [0.3, 0.4) is 0 Å². The van der Waals surface area contributed by atoms with Gasteiger partial charge >= 0.3 is 0 Å². The highest BCUT2D eigenvalue weighted by atomic mass is 16.5. The van der Waals surface area contributed by atoms with Crippen molar-refractivity contribution in [3.8, 4) is 0 Å². The lowest BCUT2D eigenvalue weighted by Gasteiger charge is -2.38. The van der Waals surface area contributed by atoms with E-state index in [-0.39, 0.29) is 11.9 Å². The maximum Gasteiger partial charge on any atom is 0.290 e. The molecule has 2 aromatic rings. The number of rotatable bonds is 10. The van der Waals surface area contributed by atoms with Gasteiger partial charge in [-0.05, 0) is 37.3 Å². The van der Waals surface area contributed by atoms with E-state index in [0.717, 1.165) is 68.7 Å². The van der Waals surface area contributed by atoms with E-state index in [9.17, 15) is 4.79 Å². The van der Waals surface area contributed by atoms with Crippen molar-refractivity contribution >= 4 is 28.9 Å². The van der Waals surface area contributed by atoms with Gasteiger partial charge in [-0.2, -0.15) is 10.2 Å². The fourth-order valence-electron chi connectivity index (χ4n) is 4.85. The third kappa shape index (κ3) is 5.50. The zero-order chi connectivity index (χ0) is 23.2. The minimum Gasteiger partial charge on any atom is -0.385 e. The topological polar surface area (TPSA) is 84.1 Å². The number of aromatic nitrogens is 2. The SMILES string of the molecule is COCCCCn1c(C(=O)N(CC(C)C)[C@@H]2CNC[C@H](C3=NN=CC3)C2)nc2ccccc21. The maximum absolute atomic E-state index is 14.0. The number of hydrogen-bond donors (Lipinski definition) is 1. The number of amides is 1. The fourth-order valence-corrected chi connectivity index (χ4v) is 4.85. The van der Waals surface area contributed by atoms with Crippen molar-refractivity contribution in [2.45, 2.75) is 52.1 Å². The zero-order valence-corrected chi connectivity index (χ0v) is 20.0. The zero-order valence-electron chi connectivity index (χ0n) is 20.0. The van der Waals surface area contributed by atoms with E-state index in [1.807, 2.05) is 29.3 Å². The summed E-state index contributed by atoms with van der Waals surface area (Å²) in [7, 11) is 1.72. The lowest BCUT2D eigenvalue weighted by Crippen LogP contribution is -2.53. The van der Waals surface area contributed by atoms with Crippen LogP contribution in [-0.4, -0.2) is 71.7 Å². The third-order valence-corrected chi connectivity index (χ3v) is 6.46. The smallest absolute Gasteiger partial charge is 0.290 e. The molecule has 2 aliphatic heterocycles. The number of para-hydroxylation sites is 2. The molecule has 1 amide bonds. The maximum atomic E-state index is 14.0. The molecule has 2 aliphatic rings. The number of benzene rings is 1. The molecule has 33 heavy (non-hydrogen) atoms. The van der Waals surface area contributed by atoms with E-state index in [4.69, 9.17) is 9.72 Å². The Morgan fingerprint density at radius 3 is 2.88 bits per heavy atom. The summed E-state index contributed by atoms with van der Waals surface area (Å²) in [5.41, 5.74) is 3.00. The minimum absolute atomic E-state index is 0.0173. The fraction of sp³-hybridized carbons (Fsp3) is 0.600. The number of aryl methyl sites for hydroxylation is 1. The number of carbonyl (C=O) groups excluding carboxylic acids is 1. The molecule has 1 fully saturated rings. The molecule has 178 valence electrons. The molecular formula is C25H36N6O2. The Morgan fingerprint density at radius 2 is 2.12 bits per heavy atom. The van der Waals surface area contributed by atoms with Crippen molar-refractivity contribution in [3.63, 3.8) is 0 Å². The molecule has 0 saturated carbocycles. The van der Waals surface area contributed by atoms with Gasteiger partial charge in [0.25, 0.3) is 5.91 Å². The molecule has 1 aromatic carbocycles. The molecule has 1 N–H and O–H groups in total. The van der Waals surface area contributed by atoms with Crippen molar-refractivity contribution in [1.29, 1.82) is 0 Å². The minimum atomic E-state index is 0.0173. The van der Waals surface area contributed by atoms with Gasteiger partial charge in [0.05, 0.1) is 16.7 Å². The third-order valence-electron chi connectivity index (χ3n) is 6.46. The van der Waals surface area contributed by atoms with E-state index < -0.39 is 0 Å². The van der Waals surface area contributed by atoms with Crippen LogP contribution in [0.1, 0.15) is 50.1 Å². The van der Waals surface area contributed by atoms with E-state index in [0.29, 0.717) is 24.2 Å². The number of unbranched alkanes of at least 4 members (excludes halogenated alkanes) is 1. The average Bonchev–Trinajstić information content (AvgIpc) is 3.48. The lowest BCUT2D eigenvalue weighted by molar-refractivity contribution is 0.0589. The standard InChI is InChI=1S/C25H36N6O2/c1-18(2)17-31(20-14-19(15-26-16-20)21-10-11-27-29-21)25(32)24-28-22-8-4-5-9-23(22)30(24)12-6-7-13-33-3/h4-5,8-9,11,18-20,26H,6-7,10,12-17H2,1-3H3/t19-,20+/m1/s1. The number of ether oxygens (including phenoxy) is 1. The van der Waals surface area contributed by atoms with Crippen LogP contribution in [0, 0.1) is 11.8 Å². The number of fused-ring (bicyclic) bond motifs is 1. The van der Waals surface area contributed by atoms with E-state index in [1.165, 1.54) is 0 Å². The molecule has 0 spiro atoms. The number of nitrogens with zero attached hydrogens (tertiary/aromatic N) is 5. The highest BCUT2D eigenvalue weighted by Crippen LogP contribution is 2.24. The molecule has 4 rings (SSSR count). The van der Waals surface area contributed by atoms with Crippen molar-refractivity contribution in [2.75, 3.05) is 33.4 Å². The molecule has 2 atom stereocenters. The normalized spacial score (nSPS) is 20.5. The Hall–Kier alpha value is -2.58. The number of hydrogen-bond acceptors (Lipinski definition) is 6. The van der Waals surface area contributed by atoms with Crippen LogP contribution in [0.25, 0.3) is 11.0 Å². The van der Waals surface area contributed by atoms with Gasteiger partial charge in [-0.3, -0.25) is 4.79 Å². The van der Waals surface area contributed by atoms with E-state index in [2.05, 4.69) is 40.0 Å². The predicted molar refractivity (Wildman–Crippen MR) is 132 cm³/mol. The van der Waals surface area contributed by atoms with Crippen LogP contribution >= 0.6 is 0 Å². The summed E-state index contributed by atoms with van der Waals surface area (Å²) in [6.07, 6.45) is 5.47. The molecule has 0 bridgehead atoms. The Labute approximate surface area is 196 Å². The van der Waals surface area contributed by atoms with Crippen LogP contribution in [0.15, 0.2) is 34.5 Å². The van der Waals surface area contributed by atoms with Crippen molar-refractivity contribution < 1.29 is 9.53 Å². The number of imidazole rings is 1. The van der Waals surface area contributed by atoms with Crippen LogP contribution in [-0.2, 0) is 11.3 Å². The summed E-state index contributed by atoms with van der Waals surface area (Å²) in [6.45, 7) is 8.18. The second kappa shape index (κ2) is 11.0. The molecule has 3 heterocycles. The molecule has 0 unspecified atom stereocenters. The molecule has 1 aromatic heterocycles. The highest BCUT2D eigenvalue weighted by Gasteiger charge is 2.34. The van der Waals surface area contributed by atoms with E-state index >= 15 is 0 Å². The largest absolute Gasteiger partial charge is 0.385 e. The highest BCUT2D eigenvalue weighted by molar-refractivity contribution is 6.00. The Balaban J connectivity index is 1.61. The molecule has 8 heteroatoms. The summed E-state index contributed by atoms with van der Waals surface area (Å²) in [5, 5.41) is 11.9. The van der Waals surface area contributed by atoms with Gasteiger partial charge in [-0.1, -0.05) is 26.0 Å². The van der Waals surface area contributed by atoms with Gasteiger partial charge < -0.3 is 19.5 Å². The summed E-state index contributed by atoms with van der Waals surface area (Å²) in [4.78, 5) is 20.9. The Bertz CT molecular complexity index is 1010. The second-order valence-electron chi connectivity index (χ2n) is 9.47. The summed E-state index contributed by atoms with van der Waals surface area (Å²) < 4.78 is 7.31. The van der Waals surface area contributed by atoms with Gasteiger partial charge in [0.2, 0.25) is 0 Å². The van der Waals surface area contributed by atoms with Gasteiger partial charge in [0, 0.05) is 64.5 Å². The van der Waals surface area contributed by atoms with Crippen molar-refractivity contribution in [2.24, 2.45) is 22.0 Å². The Kier molecular flexibility index (Phi) is 7.88. The van der Waals surface area contributed by atoms with Gasteiger partial charge in [0.1, 0.15) is 0 Å². The summed E-state index contributed by atoms with van der Waals surface area (Å²) in [6, 6.07) is 8.13. The van der Waals surface area contributed by atoms with Crippen LogP contribution in [0.2, 0.25) is 0 Å². The second-order valence-corrected chi connectivity index (χ2v) is 9.47. The number of piperidine rings is 1. The monoisotopic (exact) mass is 452 g/mol. The van der Waals surface area contributed by atoms with E-state index in [1.54, 1.807) is 7.11 Å². The summed E-state index contributed by atoms with van der Waals surface area (Å²) in [5.74, 6) is 1.23. The first-order valence-electron chi connectivity index (χ1n) is 12.1. The summed E-state index contributed by atoms with van der Waals surface area (Å²) >= 11 is 0. The Morgan fingerprint density at radius 1 is 1.27 bits per heavy atom. The molecule has 0 aliphatic carbocycles. The quantitative estimate of drug-likeness (QED) is 0.560. The lowest BCUT2D eigenvalue weighted by atomic mass is 9.89. The predicted octanol–water partition coefficient (Wildman–Crippen LogP) is 3.37. The number of nitrogens with one attached hydrogen (secondary N) is 1. The molecule has 8 nitrogen and oxygen atoms in total. The van der Waals surface area contributed by atoms with Gasteiger partial charge in [-0.15, -0.1) is 0 Å². The molecule has 1 saturated heterocycles. The van der Waals surface area contributed by atoms with Gasteiger partial charge in [0.15, 0.2) is 5.82 Å². The number of methoxy groups -OCH3 is 1. The van der Waals surface area contributed by atoms with Crippen molar-refractivity contribution in [3.05, 3.63) is 30.1 Å². The first kappa shape index (κ1) is 23.6. The first-order valence-corrected chi connectivity index (χ1v) is 12.1. The van der Waals surface area contributed by atoms with Gasteiger partial charge in [-0.25, -0.2) is 4.98 Å². The van der Waals surface area contributed by atoms with Crippen LogP contribution in [0.5, 0.6) is 0 Å². The number of carbonyl (C=O) groups is 1. The van der Waals surface area contributed by atoms with Crippen LogP contribution < -0.4 is 5.32 Å². The molecule has 0 radical (unpaired) electrons. The van der Waals surface area contributed by atoms with Crippen LogP contribution in [0.4, 0.5) is 0 Å². The average molecular weight is 453 g/mol. The van der Waals surface area contributed by atoms with Crippen molar-refractivity contribution in [1.82, 2.24) is 19.8 Å². The first-order chi connectivity index (χ1) is 16.1.